The number of carbonyl (C=O) groups excluding carboxylic acids is 1. The van der Waals surface area contributed by atoms with E-state index < -0.39 is 0 Å². The van der Waals surface area contributed by atoms with Crippen molar-refractivity contribution in [1.82, 2.24) is 15.6 Å². The van der Waals surface area contributed by atoms with Crippen molar-refractivity contribution in [2.45, 2.75) is 19.3 Å². The van der Waals surface area contributed by atoms with Crippen molar-refractivity contribution in [2.75, 3.05) is 38.1 Å². The van der Waals surface area contributed by atoms with E-state index >= 15 is 0 Å². The molecule has 18 heavy (non-hydrogen) atoms. The van der Waals surface area contributed by atoms with E-state index in [1.165, 1.54) is 12.8 Å². The molecule has 0 aromatic carbocycles. The van der Waals surface area contributed by atoms with E-state index in [0.717, 1.165) is 30.3 Å². The van der Waals surface area contributed by atoms with Crippen molar-refractivity contribution >= 4 is 22.4 Å². The number of aromatic nitrogens is 1. The van der Waals surface area contributed by atoms with Crippen LogP contribution in [-0.4, -0.2) is 44.1 Å². The van der Waals surface area contributed by atoms with E-state index in [4.69, 9.17) is 0 Å². The fourth-order valence-corrected chi connectivity index (χ4v) is 2.93. The first-order chi connectivity index (χ1) is 8.79. The van der Waals surface area contributed by atoms with Crippen LogP contribution in [-0.2, 0) is 11.2 Å². The molecule has 2 rings (SSSR count). The zero-order chi connectivity index (χ0) is 12.8. The van der Waals surface area contributed by atoms with Crippen LogP contribution < -0.4 is 15.5 Å². The Hall–Kier alpha value is -1.14. The number of amides is 1. The molecule has 1 fully saturated rings. The number of hydrogen-bond acceptors (Lipinski definition) is 5. The molecule has 0 bridgehead atoms. The number of nitrogens with zero attached hydrogens (tertiary/aromatic N) is 2. The second-order valence-electron chi connectivity index (χ2n) is 4.45. The molecule has 1 aromatic heterocycles. The van der Waals surface area contributed by atoms with E-state index in [1.807, 2.05) is 0 Å². The molecular formula is C12H20N4OS. The third-order valence-electron chi connectivity index (χ3n) is 2.96. The van der Waals surface area contributed by atoms with Gasteiger partial charge in [0.15, 0.2) is 5.13 Å². The first-order valence-electron chi connectivity index (χ1n) is 6.40. The van der Waals surface area contributed by atoms with Gasteiger partial charge in [0.1, 0.15) is 0 Å². The van der Waals surface area contributed by atoms with E-state index in [-0.39, 0.29) is 5.91 Å². The number of thiazole rings is 1. The Morgan fingerprint density at radius 3 is 3.00 bits per heavy atom. The molecule has 1 aliphatic heterocycles. The standard InChI is InChI=1S/C12H20N4OS/c1-13-8-11(17)14-5-4-10-9-18-12(15-10)16-6-2-3-7-16/h9,13H,2-8H2,1H3,(H,14,17). The summed E-state index contributed by atoms with van der Waals surface area (Å²) in [6, 6.07) is 0. The smallest absolute Gasteiger partial charge is 0.233 e. The highest BCUT2D eigenvalue weighted by Gasteiger charge is 2.15. The van der Waals surface area contributed by atoms with Gasteiger partial charge in [0.05, 0.1) is 12.2 Å². The summed E-state index contributed by atoms with van der Waals surface area (Å²) in [6.07, 6.45) is 3.35. The molecular weight excluding hydrogens is 248 g/mol. The van der Waals surface area contributed by atoms with Crippen LogP contribution in [0.5, 0.6) is 0 Å². The summed E-state index contributed by atoms with van der Waals surface area (Å²) in [6.45, 7) is 3.29. The fraction of sp³-hybridized carbons (Fsp3) is 0.667. The Morgan fingerprint density at radius 2 is 2.28 bits per heavy atom. The minimum Gasteiger partial charge on any atom is -0.355 e. The molecule has 0 saturated carbocycles. The Kier molecular flexibility index (Phi) is 4.95. The van der Waals surface area contributed by atoms with Gasteiger partial charge in [0, 0.05) is 31.4 Å². The Labute approximate surface area is 112 Å². The second-order valence-corrected chi connectivity index (χ2v) is 5.28. The number of hydrogen-bond donors (Lipinski definition) is 2. The van der Waals surface area contributed by atoms with Gasteiger partial charge in [-0.15, -0.1) is 11.3 Å². The SMILES string of the molecule is CNCC(=O)NCCc1csc(N2CCCC2)n1. The maximum atomic E-state index is 11.2. The minimum atomic E-state index is 0.0347. The van der Waals surface area contributed by atoms with Crippen molar-refractivity contribution in [3.8, 4) is 0 Å². The number of nitrogens with one attached hydrogen (secondary N) is 2. The lowest BCUT2D eigenvalue weighted by Crippen LogP contribution is -2.33. The first-order valence-corrected chi connectivity index (χ1v) is 7.28. The van der Waals surface area contributed by atoms with Gasteiger partial charge < -0.3 is 15.5 Å². The molecule has 100 valence electrons. The minimum absolute atomic E-state index is 0.0347. The molecule has 0 spiro atoms. The number of carbonyl (C=O) groups is 1. The van der Waals surface area contributed by atoms with Gasteiger partial charge in [-0.25, -0.2) is 4.98 Å². The van der Waals surface area contributed by atoms with E-state index in [2.05, 4.69) is 25.9 Å². The molecule has 0 atom stereocenters. The highest BCUT2D eigenvalue weighted by atomic mass is 32.1. The van der Waals surface area contributed by atoms with Gasteiger partial charge in [-0.2, -0.15) is 0 Å². The zero-order valence-electron chi connectivity index (χ0n) is 10.7. The molecule has 0 radical (unpaired) electrons. The molecule has 1 amide bonds. The third kappa shape index (κ3) is 3.68. The summed E-state index contributed by atoms with van der Waals surface area (Å²) >= 11 is 1.71. The summed E-state index contributed by atoms with van der Waals surface area (Å²) in [4.78, 5) is 18.2. The molecule has 0 aliphatic carbocycles. The topological polar surface area (TPSA) is 57.3 Å². The van der Waals surface area contributed by atoms with Gasteiger partial charge in [0.25, 0.3) is 0 Å². The van der Waals surface area contributed by atoms with Gasteiger partial charge >= 0.3 is 0 Å². The molecule has 2 N–H and O–H groups in total. The van der Waals surface area contributed by atoms with Gasteiger partial charge in [0.2, 0.25) is 5.91 Å². The molecule has 1 aliphatic rings. The summed E-state index contributed by atoms with van der Waals surface area (Å²) in [5.41, 5.74) is 1.08. The fourth-order valence-electron chi connectivity index (χ4n) is 2.02. The van der Waals surface area contributed by atoms with Crippen molar-refractivity contribution in [1.29, 1.82) is 0 Å². The molecule has 1 saturated heterocycles. The monoisotopic (exact) mass is 268 g/mol. The maximum Gasteiger partial charge on any atom is 0.233 e. The Bertz CT molecular complexity index is 387. The average Bonchev–Trinajstić information content (AvgIpc) is 2.99. The third-order valence-corrected chi connectivity index (χ3v) is 3.91. The van der Waals surface area contributed by atoms with Crippen LogP contribution >= 0.6 is 11.3 Å². The van der Waals surface area contributed by atoms with Crippen LogP contribution in [0.15, 0.2) is 5.38 Å². The Balaban J connectivity index is 1.74. The average molecular weight is 268 g/mol. The van der Waals surface area contributed by atoms with Crippen LogP contribution in [0.4, 0.5) is 5.13 Å². The largest absolute Gasteiger partial charge is 0.355 e. The number of anilines is 1. The summed E-state index contributed by atoms with van der Waals surface area (Å²) in [7, 11) is 1.77. The second kappa shape index (κ2) is 6.70. The first kappa shape index (κ1) is 13.3. The molecule has 5 nitrogen and oxygen atoms in total. The molecule has 1 aromatic rings. The molecule has 0 unspecified atom stereocenters. The van der Waals surface area contributed by atoms with E-state index in [9.17, 15) is 4.79 Å². The molecule has 6 heteroatoms. The predicted molar refractivity (Wildman–Crippen MR) is 74.2 cm³/mol. The lowest BCUT2D eigenvalue weighted by molar-refractivity contribution is -0.120. The predicted octanol–water partition coefficient (Wildman–Crippen LogP) is 0.621. The van der Waals surface area contributed by atoms with Crippen molar-refractivity contribution in [2.24, 2.45) is 0 Å². The summed E-state index contributed by atoms with van der Waals surface area (Å²) < 4.78 is 0. The van der Waals surface area contributed by atoms with Crippen LogP contribution in [0, 0.1) is 0 Å². The van der Waals surface area contributed by atoms with Crippen LogP contribution in [0.1, 0.15) is 18.5 Å². The van der Waals surface area contributed by atoms with Gasteiger partial charge in [-0.3, -0.25) is 4.79 Å². The lowest BCUT2D eigenvalue weighted by Gasteiger charge is -2.12. The zero-order valence-corrected chi connectivity index (χ0v) is 11.6. The number of rotatable bonds is 6. The summed E-state index contributed by atoms with van der Waals surface area (Å²) in [5, 5.41) is 8.91. The quantitative estimate of drug-likeness (QED) is 0.794. The normalized spacial score (nSPS) is 15.1. The van der Waals surface area contributed by atoms with Crippen molar-refractivity contribution < 1.29 is 4.79 Å². The van der Waals surface area contributed by atoms with Crippen LogP contribution in [0.3, 0.4) is 0 Å². The highest BCUT2D eigenvalue weighted by Crippen LogP contribution is 2.24. The van der Waals surface area contributed by atoms with Gasteiger partial charge in [-0.05, 0) is 19.9 Å². The Morgan fingerprint density at radius 1 is 1.50 bits per heavy atom. The van der Waals surface area contributed by atoms with Crippen LogP contribution in [0.25, 0.3) is 0 Å². The molecule has 2 heterocycles. The maximum absolute atomic E-state index is 11.2. The van der Waals surface area contributed by atoms with Crippen molar-refractivity contribution in [3.63, 3.8) is 0 Å². The summed E-state index contributed by atoms with van der Waals surface area (Å²) in [5.74, 6) is 0.0347. The number of likely N-dealkylation sites (N-methyl/N-ethyl adjacent to an activating group) is 1. The lowest BCUT2D eigenvalue weighted by atomic mass is 10.3. The highest BCUT2D eigenvalue weighted by molar-refractivity contribution is 7.13. The van der Waals surface area contributed by atoms with E-state index in [1.54, 1.807) is 18.4 Å². The van der Waals surface area contributed by atoms with Crippen LogP contribution in [0.2, 0.25) is 0 Å². The van der Waals surface area contributed by atoms with Gasteiger partial charge in [-0.1, -0.05) is 0 Å². The van der Waals surface area contributed by atoms with Crippen molar-refractivity contribution in [3.05, 3.63) is 11.1 Å². The van der Waals surface area contributed by atoms with E-state index in [0.29, 0.717) is 13.1 Å².